The maximum Gasteiger partial charge on any atom is 0.228 e. The van der Waals surface area contributed by atoms with Crippen molar-refractivity contribution in [1.29, 1.82) is 0 Å². The summed E-state index contributed by atoms with van der Waals surface area (Å²) in [4.78, 5) is 0. The first-order valence-corrected chi connectivity index (χ1v) is 6.37. The fourth-order valence-corrected chi connectivity index (χ4v) is 2.83. The predicted molar refractivity (Wildman–Crippen MR) is 52.5 cm³/mol. The van der Waals surface area contributed by atoms with E-state index >= 15 is 0 Å². The van der Waals surface area contributed by atoms with Crippen LogP contribution in [0.4, 0.5) is 0 Å². The van der Waals surface area contributed by atoms with Crippen molar-refractivity contribution in [3.8, 4) is 0 Å². The Kier molecular flexibility index (Phi) is 2.42. The van der Waals surface area contributed by atoms with Gasteiger partial charge in [0.25, 0.3) is 0 Å². The largest absolute Gasteiger partial charge is 0.330 e. The zero-order valence-corrected chi connectivity index (χ0v) is 9.76. The Morgan fingerprint density at radius 1 is 1.31 bits per heavy atom. The summed E-state index contributed by atoms with van der Waals surface area (Å²) in [6.45, 7) is 7.43. The van der Waals surface area contributed by atoms with E-state index in [1.807, 2.05) is 20.8 Å². The highest BCUT2D eigenvalue weighted by Gasteiger charge is 2.49. The Morgan fingerprint density at radius 2 is 1.85 bits per heavy atom. The maximum absolute atomic E-state index is 12.0. The second kappa shape index (κ2) is 2.89. The van der Waals surface area contributed by atoms with Crippen molar-refractivity contribution in [1.82, 2.24) is 0 Å². The van der Waals surface area contributed by atoms with Crippen LogP contribution in [0, 0.1) is 0 Å². The lowest BCUT2D eigenvalue weighted by molar-refractivity contribution is 0.358. The summed E-state index contributed by atoms with van der Waals surface area (Å²) < 4.78 is 17.0. The van der Waals surface area contributed by atoms with E-state index in [0.29, 0.717) is 6.42 Å². The van der Waals surface area contributed by atoms with Gasteiger partial charge >= 0.3 is 0 Å². The average Bonchev–Trinajstić information content (AvgIpc) is 2.27. The van der Waals surface area contributed by atoms with Crippen LogP contribution in [-0.4, -0.2) is 24.6 Å². The molecular formula is C8H17N2O2P. The Hall–Kier alpha value is -0.210. The number of hydrogen-bond donors (Lipinski definition) is 0. The van der Waals surface area contributed by atoms with Crippen LogP contribution in [0.5, 0.6) is 0 Å². The molecule has 5 heteroatoms. The van der Waals surface area contributed by atoms with Gasteiger partial charge in [0.1, 0.15) is 0 Å². The summed E-state index contributed by atoms with van der Waals surface area (Å²) in [7, 11) is -1.21. The summed E-state index contributed by atoms with van der Waals surface area (Å²) in [5.41, 5.74) is -0.209. The lowest BCUT2D eigenvalue weighted by atomic mass is 9.99. The van der Waals surface area contributed by atoms with E-state index < -0.39 is 12.6 Å². The Balaban J connectivity index is 2.96. The van der Waals surface area contributed by atoms with Crippen molar-refractivity contribution in [3.05, 3.63) is 0 Å². The summed E-state index contributed by atoms with van der Waals surface area (Å²) in [5, 5.41) is 7.57. The minimum atomic E-state index is -2.67. The third-order valence-electron chi connectivity index (χ3n) is 2.53. The van der Waals surface area contributed by atoms with Crippen LogP contribution in [0.25, 0.3) is 0 Å². The molecule has 2 atom stereocenters. The van der Waals surface area contributed by atoms with Gasteiger partial charge in [0, 0.05) is 20.2 Å². The molecule has 0 aromatic carbocycles. The van der Waals surface area contributed by atoms with Gasteiger partial charge in [-0.3, -0.25) is 4.57 Å². The molecule has 0 aromatic rings. The smallest absolute Gasteiger partial charge is 0.228 e. The van der Waals surface area contributed by atoms with Gasteiger partial charge in [0.05, 0.1) is 5.54 Å². The van der Waals surface area contributed by atoms with Gasteiger partial charge in [0.15, 0.2) is 5.28 Å². The molecule has 2 unspecified atom stereocenters. The molecule has 0 bridgehead atoms. The van der Waals surface area contributed by atoms with Crippen LogP contribution >= 0.6 is 7.37 Å². The van der Waals surface area contributed by atoms with Gasteiger partial charge in [-0.2, -0.15) is 10.2 Å². The predicted octanol–water partition coefficient (Wildman–Crippen LogP) is 2.89. The third kappa shape index (κ3) is 1.84. The van der Waals surface area contributed by atoms with Gasteiger partial charge in [-0.25, -0.2) is 0 Å². The van der Waals surface area contributed by atoms with E-state index in [1.54, 1.807) is 6.66 Å². The van der Waals surface area contributed by atoms with E-state index in [1.165, 1.54) is 7.11 Å². The van der Waals surface area contributed by atoms with Crippen molar-refractivity contribution in [2.24, 2.45) is 10.2 Å². The van der Waals surface area contributed by atoms with E-state index in [9.17, 15) is 4.57 Å². The Bertz CT molecular complexity index is 288. The zero-order valence-electron chi connectivity index (χ0n) is 8.87. The first-order valence-electron chi connectivity index (χ1n) is 4.30. The summed E-state index contributed by atoms with van der Waals surface area (Å²) in [6, 6.07) is 0. The molecule has 76 valence electrons. The molecule has 0 fully saturated rings. The van der Waals surface area contributed by atoms with Crippen LogP contribution in [0.1, 0.15) is 27.2 Å². The summed E-state index contributed by atoms with van der Waals surface area (Å²) in [5.74, 6) is 0. The molecule has 13 heavy (non-hydrogen) atoms. The van der Waals surface area contributed by atoms with Gasteiger partial charge < -0.3 is 4.52 Å². The second-order valence-electron chi connectivity index (χ2n) is 4.43. The van der Waals surface area contributed by atoms with Crippen molar-refractivity contribution in [2.75, 3.05) is 13.8 Å². The molecule has 1 rings (SSSR count). The number of hydrogen-bond acceptors (Lipinski definition) is 4. The molecule has 0 radical (unpaired) electrons. The highest BCUT2D eigenvalue weighted by Crippen LogP contribution is 2.61. The fraction of sp³-hybridized carbons (Fsp3) is 1.00. The number of nitrogens with zero attached hydrogens (tertiary/aromatic N) is 2. The molecule has 1 aliphatic heterocycles. The molecule has 0 aromatic heterocycles. The van der Waals surface area contributed by atoms with Crippen LogP contribution in [0.2, 0.25) is 0 Å². The molecule has 0 amide bonds. The standard InChI is InChI=1S/C8H17N2O2P/c1-7(2)6-8(3,10-9-7)13(5,11)12-4/h6H2,1-5H3. The van der Waals surface area contributed by atoms with E-state index in [0.717, 1.165) is 0 Å². The van der Waals surface area contributed by atoms with Crippen LogP contribution < -0.4 is 0 Å². The van der Waals surface area contributed by atoms with Crippen molar-refractivity contribution in [2.45, 2.75) is 38.0 Å². The topological polar surface area (TPSA) is 51.0 Å². The fourth-order valence-electron chi connectivity index (χ4n) is 1.55. The van der Waals surface area contributed by atoms with E-state index in [-0.39, 0.29) is 5.54 Å². The number of rotatable bonds is 2. The normalized spacial score (nSPS) is 36.1. The monoisotopic (exact) mass is 204 g/mol. The van der Waals surface area contributed by atoms with Gasteiger partial charge in [0.2, 0.25) is 7.37 Å². The molecule has 1 heterocycles. The zero-order chi connectivity index (χ0) is 10.3. The van der Waals surface area contributed by atoms with Crippen molar-refractivity contribution >= 4 is 7.37 Å². The SMILES string of the molecule is COP(C)(=O)C1(C)CC(C)(C)N=N1. The Labute approximate surface area is 79.2 Å². The van der Waals surface area contributed by atoms with Crippen molar-refractivity contribution < 1.29 is 9.09 Å². The average molecular weight is 204 g/mol. The summed E-state index contributed by atoms with van der Waals surface area (Å²) >= 11 is 0. The molecular weight excluding hydrogens is 187 g/mol. The summed E-state index contributed by atoms with van der Waals surface area (Å²) in [6.07, 6.45) is 0.682. The van der Waals surface area contributed by atoms with E-state index in [4.69, 9.17) is 4.52 Å². The Morgan fingerprint density at radius 3 is 2.15 bits per heavy atom. The highest BCUT2D eigenvalue weighted by atomic mass is 31.2. The minimum absolute atomic E-state index is 0.209. The molecule has 0 spiro atoms. The van der Waals surface area contributed by atoms with E-state index in [2.05, 4.69) is 10.2 Å². The third-order valence-corrected chi connectivity index (χ3v) is 5.22. The number of azo groups is 1. The lowest BCUT2D eigenvalue weighted by Crippen LogP contribution is -2.26. The molecule has 0 N–H and O–H groups in total. The molecule has 4 nitrogen and oxygen atoms in total. The van der Waals surface area contributed by atoms with Crippen LogP contribution in [0.3, 0.4) is 0 Å². The molecule has 0 saturated heterocycles. The molecule has 0 aliphatic carbocycles. The quantitative estimate of drug-likeness (QED) is 0.649. The van der Waals surface area contributed by atoms with Gasteiger partial charge in [-0.15, -0.1) is 0 Å². The molecule has 0 saturated carbocycles. The first kappa shape index (κ1) is 10.9. The second-order valence-corrected chi connectivity index (χ2v) is 7.45. The lowest BCUT2D eigenvalue weighted by Gasteiger charge is -2.27. The minimum Gasteiger partial charge on any atom is -0.330 e. The maximum atomic E-state index is 12.0. The van der Waals surface area contributed by atoms with Gasteiger partial charge in [-0.1, -0.05) is 0 Å². The highest BCUT2D eigenvalue weighted by molar-refractivity contribution is 7.59. The van der Waals surface area contributed by atoms with Crippen LogP contribution in [-0.2, 0) is 9.09 Å². The van der Waals surface area contributed by atoms with Gasteiger partial charge in [-0.05, 0) is 20.8 Å². The molecule has 1 aliphatic rings. The first-order chi connectivity index (χ1) is 5.72. The van der Waals surface area contributed by atoms with Crippen molar-refractivity contribution in [3.63, 3.8) is 0 Å². The van der Waals surface area contributed by atoms with Crippen LogP contribution in [0.15, 0.2) is 10.2 Å².